The summed E-state index contributed by atoms with van der Waals surface area (Å²) in [7, 11) is 0. The van der Waals surface area contributed by atoms with E-state index in [2.05, 4.69) is 0 Å². The summed E-state index contributed by atoms with van der Waals surface area (Å²) in [6.45, 7) is 0.542. The van der Waals surface area contributed by atoms with Gasteiger partial charge in [0.05, 0.1) is 6.54 Å². The van der Waals surface area contributed by atoms with E-state index in [1.54, 1.807) is 6.08 Å². The Morgan fingerprint density at radius 3 is 2.67 bits per heavy atom. The van der Waals surface area contributed by atoms with Crippen LogP contribution in [0.25, 0.3) is 0 Å². The van der Waals surface area contributed by atoms with Crippen molar-refractivity contribution in [2.45, 2.75) is 6.42 Å². The predicted octanol–water partition coefficient (Wildman–Crippen LogP) is 1.09. The largest absolute Gasteiger partial charge is 0.219 e. The molecule has 0 atom stereocenters. The van der Waals surface area contributed by atoms with Crippen LogP contribution in [-0.2, 0) is 0 Å². The number of rotatable bonds is 0. The molecule has 1 nitrogen and oxygen atoms in total. The molecule has 1 aliphatic heterocycles. The minimum Gasteiger partial charge on any atom is -0.219 e. The molecule has 0 saturated carbocycles. The van der Waals surface area contributed by atoms with Gasteiger partial charge in [0.2, 0.25) is 0 Å². The fourth-order valence-electron chi connectivity index (χ4n) is 0.461. The van der Waals surface area contributed by atoms with E-state index < -0.39 is 0 Å². The third-order valence-corrected chi connectivity index (χ3v) is 0.777. The van der Waals surface area contributed by atoms with Crippen molar-refractivity contribution in [1.82, 2.24) is 5.12 Å². The molecule has 1 heterocycles. The molecule has 0 aromatic heterocycles. The maximum absolute atomic E-state index is 11.7. The molecule has 1 rings (SSSR count). The van der Waals surface area contributed by atoms with Gasteiger partial charge in [0.15, 0.2) is 0 Å². The predicted molar refractivity (Wildman–Crippen MR) is 21.6 cm³/mol. The standard InChI is InChI=1S/C4H6FN/c5-6-3-1-2-4-6/h1,3H,2,4H2. The van der Waals surface area contributed by atoms with Crippen LogP contribution < -0.4 is 0 Å². The van der Waals surface area contributed by atoms with Crippen LogP contribution in [-0.4, -0.2) is 11.7 Å². The van der Waals surface area contributed by atoms with E-state index in [9.17, 15) is 4.48 Å². The first-order valence-corrected chi connectivity index (χ1v) is 1.99. The van der Waals surface area contributed by atoms with Crippen LogP contribution in [0, 0.1) is 0 Å². The zero-order valence-electron chi connectivity index (χ0n) is 3.39. The third kappa shape index (κ3) is 0.506. The first-order chi connectivity index (χ1) is 2.89. The zero-order chi connectivity index (χ0) is 4.41. The Bertz CT molecular complexity index is 69.9. The number of hydrogen-bond acceptors (Lipinski definition) is 1. The van der Waals surface area contributed by atoms with Gasteiger partial charge in [-0.1, -0.05) is 6.08 Å². The molecular formula is C4H6FN. The SMILES string of the molecule is FN1C=CCC1. The Balaban J connectivity index is 2.38. The topological polar surface area (TPSA) is 3.24 Å². The molecule has 2 heteroatoms. The molecule has 0 unspecified atom stereocenters. The summed E-state index contributed by atoms with van der Waals surface area (Å²) in [5.41, 5.74) is 0. The minimum absolute atomic E-state index is 0.542. The molecule has 34 valence electrons. The fraction of sp³-hybridized carbons (Fsp3) is 0.500. The Morgan fingerprint density at radius 2 is 2.50 bits per heavy atom. The van der Waals surface area contributed by atoms with E-state index in [1.165, 1.54) is 6.20 Å². The van der Waals surface area contributed by atoms with Gasteiger partial charge in [-0.3, -0.25) is 0 Å². The van der Waals surface area contributed by atoms with Gasteiger partial charge in [-0.05, 0) is 6.42 Å². The highest BCUT2D eigenvalue weighted by molar-refractivity contribution is 4.86. The van der Waals surface area contributed by atoms with Crippen LogP contribution in [0.3, 0.4) is 0 Å². The van der Waals surface area contributed by atoms with Crippen LogP contribution in [0.5, 0.6) is 0 Å². The maximum atomic E-state index is 11.7. The van der Waals surface area contributed by atoms with Crippen molar-refractivity contribution in [2.24, 2.45) is 0 Å². The lowest BCUT2D eigenvalue weighted by Gasteiger charge is -1.94. The average Bonchev–Trinajstić information content (AvgIpc) is 1.86. The van der Waals surface area contributed by atoms with Crippen molar-refractivity contribution >= 4 is 0 Å². The van der Waals surface area contributed by atoms with Crippen molar-refractivity contribution in [3.05, 3.63) is 12.3 Å². The lowest BCUT2D eigenvalue weighted by molar-refractivity contribution is 0.104. The molecule has 0 N–H and O–H groups in total. The smallest absolute Gasteiger partial charge is 0.0533 e. The maximum Gasteiger partial charge on any atom is 0.0533 e. The second kappa shape index (κ2) is 1.29. The van der Waals surface area contributed by atoms with E-state index in [1.807, 2.05) is 0 Å². The highest BCUT2D eigenvalue weighted by Gasteiger charge is 1.97. The van der Waals surface area contributed by atoms with Gasteiger partial charge in [0.1, 0.15) is 0 Å². The van der Waals surface area contributed by atoms with Crippen LogP contribution in [0.15, 0.2) is 12.3 Å². The Morgan fingerprint density at radius 1 is 1.67 bits per heavy atom. The normalized spacial score (nSPS) is 19.8. The molecule has 0 amide bonds. The van der Waals surface area contributed by atoms with E-state index in [0.717, 1.165) is 6.42 Å². The summed E-state index contributed by atoms with van der Waals surface area (Å²) in [4.78, 5) is 0. The van der Waals surface area contributed by atoms with Crippen molar-refractivity contribution in [2.75, 3.05) is 6.54 Å². The van der Waals surface area contributed by atoms with Crippen LogP contribution >= 0.6 is 0 Å². The van der Waals surface area contributed by atoms with Crippen molar-refractivity contribution < 1.29 is 4.48 Å². The molecule has 0 saturated heterocycles. The third-order valence-electron chi connectivity index (χ3n) is 0.777. The first-order valence-electron chi connectivity index (χ1n) is 1.99. The number of hydrogen-bond donors (Lipinski definition) is 0. The molecular weight excluding hydrogens is 81.0 g/mol. The Labute approximate surface area is 36.0 Å². The monoisotopic (exact) mass is 87.0 g/mol. The van der Waals surface area contributed by atoms with Crippen LogP contribution in [0.2, 0.25) is 0 Å². The van der Waals surface area contributed by atoms with Gasteiger partial charge in [-0.2, -0.15) is 0 Å². The van der Waals surface area contributed by atoms with E-state index in [-0.39, 0.29) is 0 Å². The Hall–Kier alpha value is -0.530. The van der Waals surface area contributed by atoms with Gasteiger partial charge in [-0.15, -0.1) is 4.48 Å². The number of halogens is 1. The molecule has 6 heavy (non-hydrogen) atoms. The van der Waals surface area contributed by atoms with E-state index in [0.29, 0.717) is 11.7 Å². The summed E-state index contributed by atoms with van der Waals surface area (Å²) < 4.78 is 11.7. The lowest BCUT2D eigenvalue weighted by Crippen LogP contribution is -1.97. The summed E-state index contributed by atoms with van der Waals surface area (Å²) >= 11 is 0. The minimum atomic E-state index is 0.542. The van der Waals surface area contributed by atoms with Gasteiger partial charge in [-0.25, -0.2) is 5.12 Å². The molecule has 0 aromatic rings. The fourth-order valence-corrected chi connectivity index (χ4v) is 0.461. The average molecular weight is 87.1 g/mol. The number of nitrogens with zero attached hydrogens (tertiary/aromatic N) is 1. The van der Waals surface area contributed by atoms with Crippen molar-refractivity contribution in [3.63, 3.8) is 0 Å². The molecule has 0 radical (unpaired) electrons. The summed E-state index contributed by atoms with van der Waals surface area (Å²) in [5, 5.41) is 0.681. The van der Waals surface area contributed by atoms with Gasteiger partial charge in [0, 0.05) is 6.20 Å². The molecule has 0 bridgehead atoms. The summed E-state index contributed by atoms with van der Waals surface area (Å²) in [6.07, 6.45) is 4.11. The molecule has 0 spiro atoms. The van der Waals surface area contributed by atoms with E-state index >= 15 is 0 Å². The van der Waals surface area contributed by atoms with Crippen molar-refractivity contribution in [1.29, 1.82) is 0 Å². The van der Waals surface area contributed by atoms with Gasteiger partial charge >= 0.3 is 0 Å². The zero-order valence-corrected chi connectivity index (χ0v) is 3.39. The second-order valence-corrected chi connectivity index (χ2v) is 1.30. The van der Waals surface area contributed by atoms with Gasteiger partial charge < -0.3 is 0 Å². The first kappa shape index (κ1) is 3.65. The highest BCUT2D eigenvalue weighted by Crippen LogP contribution is 2.01. The molecule has 0 fully saturated rings. The van der Waals surface area contributed by atoms with Gasteiger partial charge in [0.25, 0.3) is 0 Å². The van der Waals surface area contributed by atoms with Crippen LogP contribution in [0.1, 0.15) is 6.42 Å². The van der Waals surface area contributed by atoms with E-state index in [4.69, 9.17) is 0 Å². The quantitative estimate of drug-likeness (QED) is 0.400. The van der Waals surface area contributed by atoms with Crippen molar-refractivity contribution in [3.8, 4) is 0 Å². The lowest BCUT2D eigenvalue weighted by atomic mass is 10.5. The molecule has 0 aliphatic carbocycles. The second-order valence-electron chi connectivity index (χ2n) is 1.30. The summed E-state index contributed by atoms with van der Waals surface area (Å²) in [5.74, 6) is 0. The van der Waals surface area contributed by atoms with Crippen LogP contribution in [0.4, 0.5) is 4.48 Å². The molecule has 0 aromatic carbocycles. The molecule has 1 aliphatic rings. The summed E-state index contributed by atoms with van der Waals surface area (Å²) in [6, 6.07) is 0. The highest BCUT2D eigenvalue weighted by atomic mass is 19.2. The Kier molecular flexibility index (Phi) is 0.783.